The molecule has 0 aliphatic rings. The van der Waals surface area contributed by atoms with Crippen LogP contribution in [0.1, 0.15) is 19.3 Å². The number of hydrogen-bond acceptors (Lipinski definition) is 3. The molecule has 0 saturated heterocycles. The van der Waals surface area contributed by atoms with Crippen molar-refractivity contribution in [1.82, 2.24) is 15.1 Å². The number of rotatable bonds is 8. The van der Waals surface area contributed by atoms with Gasteiger partial charge in [-0.3, -0.25) is 4.79 Å². The van der Waals surface area contributed by atoms with Gasteiger partial charge in [-0.15, -0.1) is 0 Å². The Kier molecular flexibility index (Phi) is 8.33. The average molecular weight is 215 g/mol. The minimum atomic E-state index is 0.176. The zero-order valence-electron chi connectivity index (χ0n) is 10.5. The molecule has 15 heavy (non-hydrogen) atoms. The highest BCUT2D eigenvalue weighted by atomic mass is 16.1. The lowest BCUT2D eigenvalue weighted by molar-refractivity contribution is -0.121. The van der Waals surface area contributed by atoms with Crippen LogP contribution >= 0.6 is 0 Å². The molecule has 0 rings (SSSR count). The van der Waals surface area contributed by atoms with Gasteiger partial charge >= 0.3 is 0 Å². The Balaban J connectivity index is 3.26. The molecule has 0 aromatic rings. The van der Waals surface area contributed by atoms with Crippen molar-refractivity contribution in [2.75, 3.05) is 47.8 Å². The first kappa shape index (κ1) is 14.4. The van der Waals surface area contributed by atoms with E-state index in [1.165, 1.54) is 0 Å². The Morgan fingerprint density at radius 1 is 1.00 bits per heavy atom. The summed E-state index contributed by atoms with van der Waals surface area (Å²) in [6.45, 7) is 2.79. The predicted octanol–water partition coefficient (Wildman–Crippen LogP) is 0.396. The molecule has 90 valence electrons. The molecule has 0 saturated carbocycles. The monoisotopic (exact) mass is 215 g/mol. The van der Waals surface area contributed by atoms with E-state index in [4.69, 9.17) is 0 Å². The van der Waals surface area contributed by atoms with Crippen LogP contribution in [-0.2, 0) is 4.79 Å². The van der Waals surface area contributed by atoms with Crippen molar-refractivity contribution in [3.05, 3.63) is 0 Å². The largest absolute Gasteiger partial charge is 0.356 e. The first-order valence-electron chi connectivity index (χ1n) is 5.58. The van der Waals surface area contributed by atoms with E-state index in [0.29, 0.717) is 6.42 Å². The third kappa shape index (κ3) is 11.3. The van der Waals surface area contributed by atoms with Crippen molar-refractivity contribution in [3.8, 4) is 0 Å². The van der Waals surface area contributed by atoms with Crippen LogP contribution in [0.15, 0.2) is 0 Å². The molecule has 0 aromatic heterocycles. The number of carbonyl (C=O) groups is 1. The predicted molar refractivity (Wildman–Crippen MR) is 64.0 cm³/mol. The summed E-state index contributed by atoms with van der Waals surface area (Å²) >= 11 is 0. The summed E-state index contributed by atoms with van der Waals surface area (Å²) in [5.74, 6) is 0.176. The lowest BCUT2D eigenvalue weighted by Gasteiger charge is -2.11. The SMILES string of the molecule is CN(C)CCCNC(=O)CCCN(C)C. The minimum Gasteiger partial charge on any atom is -0.356 e. The number of hydrogen-bond donors (Lipinski definition) is 1. The zero-order valence-corrected chi connectivity index (χ0v) is 10.5. The molecule has 1 amide bonds. The van der Waals surface area contributed by atoms with Gasteiger partial charge in [-0.2, -0.15) is 0 Å². The lowest BCUT2D eigenvalue weighted by atomic mass is 10.3. The highest BCUT2D eigenvalue weighted by Crippen LogP contribution is 1.91. The minimum absolute atomic E-state index is 0.176. The van der Waals surface area contributed by atoms with E-state index >= 15 is 0 Å². The fraction of sp³-hybridized carbons (Fsp3) is 0.909. The molecule has 1 N–H and O–H groups in total. The quantitative estimate of drug-likeness (QED) is 0.595. The fourth-order valence-electron chi connectivity index (χ4n) is 1.27. The summed E-state index contributed by atoms with van der Waals surface area (Å²) in [6, 6.07) is 0. The summed E-state index contributed by atoms with van der Waals surface area (Å²) in [4.78, 5) is 15.5. The Morgan fingerprint density at radius 2 is 1.53 bits per heavy atom. The van der Waals surface area contributed by atoms with Gasteiger partial charge in [0.2, 0.25) is 5.91 Å². The van der Waals surface area contributed by atoms with Crippen LogP contribution in [-0.4, -0.2) is 63.5 Å². The molecule has 0 unspecified atom stereocenters. The maximum atomic E-state index is 11.3. The van der Waals surface area contributed by atoms with E-state index in [1.807, 2.05) is 28.2 Å². The molecule has 0 spiro atoms. The van der Waals surface area contributed by atoms with Gasteiger partial charge in [0.25, 0.3) is 0 Å². The van der Waals surface area contributed by atoms with Crippen LogP contribution in [0.4, 0.5) is 0 Å². The van der Waals surface area contributed by atoms with Crippen LogP contribution < -0.4 is 5.32 Å². The van der Waals surface area contributed by atoms with Crippen molar-refractivity contribution in [2.24, 2.45) is 0 Å². The molecule has 0 heterocycles. The Bertz CT molecular complexity index is 169. The Morgan fingerprint density at radius 3 is 2.07 bits per heavy atom. The summed E-state index contributed by atoms with van der Waals surface area (Å²) in [5, 5.41) is 2.93. The smallest absolute Gasteiger partial charge is 0.220 e. The van der Waals surface area contributed by atoms with Crippen LogP contribution in [0.2, 0.25) is 0 Å². The van der Waals surface area contributed by atoms with Gasteiger partial charge in [0.05, 0.1) is 0 Å². The third-order valence-corrected chi connectivity index (χ3v) is 2.11. The average Bonchev–Trinajstić information content (AvgIpc) is 2.11. The van der Waals surface area contributed by atoms with E-state index < -0.39 is 0 Å². The lowest BCUT2D eigenvalue weighted by Crippen LogP contribution is -2.27. The van der Waals surface area contributed by atoms with Crippen molar-refractivity contribution < 1.29 is 4.79 Å². The van der Waals surface area contributed by atoms with Crippen molar-refractivity contribution >= 4 is 5.91 Å². The second kappa shape index (κ2) is 8.68. The maximum absolute atomic E-state index is 11.3. The van der Waals surface area contributed by atoms with E-state index in [9.17, 15) is 4.79 Å². The molecule has 0 bridgehead atoms. The summed E-state index contributed by atoms with van der Waals surface area (Å²) in [7, 11) is 8.13. The first-order chi connectivity index (χ1) is 7.02. The Hall–Kier alpha value is -0.610. The molecular formula is C11H25N3O. The summed E-state index contributed by atoms with van der Waals surface area (Å²) in [5.41, 5.74) is 0. The molecule has 0 radical (unpaired) electrons. The van der Waals surface area contributed by atoms with E-state index in [-0.39, 0.29) is 5.91 Å². The van der Waals surface area contributed by atoms with Crippen LogP contribution in [0, 0.1) is 0 Å². The number of nitrogens with zero attached hydrogens (tertiary/aromatic N) is 2. The molecule has 0 aliphatic heterocycles. The molecule has 0 aliphatic carbocycles. The van der Waals surface area contributed by atoms with Gasteiger partial charge in [0, 0.05) is 13.0 Å². The van der Waals surface area contributed by atoms with E-state index in [1.54, 1.807) is 0 Å². The number of amides is 1. The topological polar surface area (TPSA) is 35.6 Å². The highest BCUT2D eigenvalue weighted by Gasteiger charge is 2.00. The summed E-state index contributed by atoms with van der Waals surface area (Å²) in [6.07, 6.45) is 2.60. The van der Waals surface area contributed by atoms with Crippen molar-refractivity contribution in [2.45, 2.75) is 19.3 Å². The van der Waals surface area contributed by atoms with Gasteiger partial charge in [-0.25, -0.2) is 0 Å². The van der Waals surface area contributed by atoms with E-state index in [2.05, 4.69) is 15.1 Å². The van der Waals surface area contributed by atoms with Crippen molar-refractivity contribution in [3.63, 3.8) is 0 Å². The number of carbonyl (C=O) groups excluding carboxylic acids is 1. The number of nitrogens with one attached hydrogen (secondary N) is 1. The molecule has 4 nitrogen and oxygen atoms in total. The normalized spacial score (nSPS) is 11.1. The van der Waals surface area contributed by atoms with Crippen LogP contribution in [0.5, 0.6) is 0 Å². The fourth-order valence-corrected chi connectivity index (χ4v) is 1.27. The molecule has 0 aromatic carbocycles. The van der Waals surface area contributed by atoms with E-state index in [0.717, 1.165) is 32.5 Å². The molecular weight excluding hydrogens is 190 g/mol. The van der Waals surface area contributed by atoms with Crippen molar-refractivity contribution in [1.29, 1.82) is 0 Å². The second-order valence-electron chi connectivity index (χ2n) is 4.41. The van der Waals surface area contributed by atoms with Gasteiger partial charge < -0.3 is 15.1 Å². The highest BCUT2D eigenvalue weighted by molar-refractivity contribution is 5.75. The first-order valence-corrected chi connectivity index (χ1v) is 5.58. The second-order valence-corrected chi connectivity index (χ2v) is 4.41. The van der Waals surface area contributed by atoms with Crippen LogP contribution in [0.3, 0.4) is 0 Å². The Labute approximate surface area is 93.6 Å². The van der Waals surface area contributed by atoms with Gasteiger partial charge in [0.15, 0.2) is 0 Å². The third-order valence-electron chi connectivity index (χ3n) is 2.11. The van der Waals surface area contributed by atoms with Crippen LogP contribution in [0.25, 0.3) is 0 Å². The van der Waals surface area contributed by atoms with Gasteiger partial charge in [-0.1, -0.05) is 0 Å². The zero-order chi connectivity index (χ0) is 11.7. The van der Waals surface area contributed by atoms with Gasteiger partial charge in [-0.05, 0) is 54.1 Å². The molecule has 0 atom stereocenters. The standard InChI is InChI=1S/C11H25N3O/c1-13(2)9-5-7-11(15)12-8-6-10-14(3)4/h5-10H2,1-4H3,(H,12,15). The molecule has 0 fully saturated rings. The summed E-state index contributed by atoms with van der Waals surface area (Å²) < 4.78 is 0. The molecule has 4 heteroatoms. The van der Waals surface area contributed by atoms with Gasteiger partial charge in [0.1, 0.15) is 0 Å². The maximum Gasteiger partial charge on any atom is 0.220 e.